The first-order valence-corrected chi connectivity index (χ1v) is 6.49. The summed E-state index contributed by atoms with van der Waals surface area (Å²) in [7, 11) is 0. The van der Waals surface area contributed by atoms with Gasteiger partial charge < -0.3 is 9.47 Å². The molecule has 2 nitrogen and oxygen atoms in total. The minimum absolute atomic E-state index is 0.301. The van der Waals surface area contributed by atoms with E-state index in [0.29, 0.717) is 0 Å². The maximum absolute atomic E-state index is 5.96. The van der Waals surface area contributed by atoms with Crippen LogP contribution in [0.2, 0.25) is 0 Å². The number of hydrogen-bond donors (Lipinski definition) is 0. The van der Waals surface area contributed by atoms with Crippen molar-refractivity contribution in [2.45, 2.75) is 46.0 Å². The number of rotatable bonds is 0. The van der Waals surface area contributed by atoms with Gasteiger partial charge in [0.25, 0.3) is 0 Å². The molecule has 1 aromatic rings. The van der Waals surface area contributed by atoms with Crippen molar-refractivity contribution < 1.29 is 9.47 Å². The van der Waals surface area contributed by atoms with Crippen LogP contribution in [0.25, 0.3) is 0 Å². The quantitative estimate of drug-likeness (QED) is 0.669. The topological polar surface area (TPSA) is 18.5 Å². The van der Waals surface area contributed by atoms with E-state index in [4.69, 9.17) is 9.47 Å². The molecule has 3 heteroatoms. The molecule has 0 spiro atoms. The van der Waals surface area contributed by atoms with Crippen molar-refractivity contribution in [2.75, 3.05) is 0 Å². The Morgan fingerprint density at radius 1 is 1.12 bits per heavy atom. The Labute approximate surface area is 110 Å². The van der Waals surface area contributed by atoms with Gasteiger partial charge in [-0.3, -0.25) is 0 Å². The molecule has 0 saturated heterocycles. The van der Waals surface area contributed by atoms with Gasteiger partial charge in [-0.05, 0) is 61.1 Å². The first kappa shape index (κ1) is 12.2. The van der Waals surface area contributed by atoms with E-state index < -0.39 is 5.79 Å². The van der Waals surface area contributed by atoms with Crippen LogP contribution in [-0.2, 0) is 10.3 Å². The summed E-state index contributed by atoms with van der Waals surface area (Å²) in [6.45, 7) is 10.2. The van der Waals surface area contributed by atoms with Crippen molar-refractivity contribution in [1.82, 2.24) is 0 Å². The highest BCUT2D eigenvalue weighted by Crippen LogP contribution is 2.43. The van der Waals surface area contributed by atoms with Crippen LogP contribution >= 0.6 is 22.6 Å². The normalized spacial score (nSPS) is 21.1. The number of ether oxygens (including phenoxy) is 2. The molecule has 0 bridgehead atoms. The molecule has 2 rings (SSSR count). The fourth-order valence-corrected chi connectivity index (χ4v) is 2.63. The fraction of sp³-hybridized carbons (Fsp3) is 0.538. The average Bonchev–Trinajstić information content (AvgIpc) is 2.06. The second kappa shape index (κ2) is 3.60. The van der Waals surface area contributed by atoms with Crippen molar-refractivity contribution in [2.24, 2.45) is 0 Å². The fourth-order valence-electron chi connectivity index (χ4n) is 2.17. The summed E-state index contributed by atoms with van der Waals surface area (Å²) in [5.74, 6) is 0.384. The average molecular weight is 332 g/mol. The monoisotopic (exact) mass is 332 g/mol. The minimum atomic E-state index is -0.560. The summed E-state index contributed by atoms with van der Waals surface area (Å²) in [6.07, 6.45) is 0. The van der Waals surface area contributed by atoms with Crippen LogP contribution in [0.3, 0.4) is 0 Å². The van der Waals surface area contributed by atoms with E-state index in [9.17, 15) is 0 Å². The highest BCUT2D eigenvalue weighted by atomic mass is 127. The Hall–Kier alpha value is -0.290. The predicted molar refractivity (Wildman–Crippen MR) is 72.7 cm³/mol. The predicted octanol–water partition coefficient (Wildman–Crippen LogP) is 3.98. The SMILES string of the molecule is Cc1cc2c(cc1I)C(C)(C)OC(C)(C)O2. The highest BCUT2D eigenvalue weighted by Gasteiger charge is 2.39. The Balaban J connectivity index is 2.60. The van der Waals surface area contributed by atoms with E-state index >= 15 is 0 Å². The Bertz CT molecular complexity index is 436. The van der Waals surface area contributed by atoms with E-state index in [1.54, 1.807) is 0 Å². The zero-order valence-electron chi connectivity index (χ0n) is 10.3. The molecule has 0 fully saturated rings. The molecule has 0 amide bonds. The Kier molecular flexibility index (Phi) is 2.74. The molecular formula is C13H17IO2. The minimum Gasteiger partial charge on any atom is -0.463 e. The van der Waals surface area contributed by atoms with Gasteiger partial charge in [0.15, 0.2) is 0 Å². The van der Waals surface area contributed by atoms with E-state index in [2.05, 4.69) is 55.5 Å². The Morgan fingerprint density at radius 2 is 1.75 bits per heavy atom. The molecule has 1 aliphatic heterocycles. The van der Waals surface area contributed by atoms with Gasteiger partial charge in [0, 0.05) is 23.0 Å². The lowest BCUT2D eigenvalue weighted by Gasteiger charge is -2.42. The van der Waals surface area contributed by atoms with Crippen molar-refractivity contribution in [3.63, 3.8) is 0 Å². The van der Waals surface area contributed by atoms with Crippen LogP contribution < -0.4 is 4.74 Å². The van der Waals surface area contributed by atoms with Gasteiger partial charge in [-0.1, -0.05) is 0 Å². The summed E-state index contributed by atoms with van der Waals surface area (Å²) < 4.78 is 13.1. The van der Waals surface area contributed by atoms with Crippen molar-refractivity contribution in [1.29, 1.82) is 0 Å². The highest BCUT2D eigenvalue weighted by molar-refractivity contribution is 14.1. The molecule has 0 radical (unpaired) electrons. The van der Waals surface area contributed by atoms with Crippen LogP contribution in [0.5, 0.6) is 5.75 Å². The second-order valence-corrected chi connectivity index (χ2v) is 6.37. The van der Waals surface area contributed by atoms with Gasteiger partial charge >= 0.3 is 0 Å². The molecule has 0 aromatic heterocycles. The standard InChI is InChI=1S/C13H17IO2/c1-8-6-11-9(7-10(8)14)12(2,3)16-13(4,5)15-11/h6-7H,1-5H3. The molecule has 88 valence electrons. The van der Waals surface area contributed by atoms with E-state index in [1.807, 2.05) is 13.8 Å². The van der Waals surface area contributed by atoms with Gasteiger partial charge in [-0.15, -0.1) is 0 Å². The number of aryl methyl sites for hydroxylation is 1. The van der Waals surface area contributed by atoms with Crippen LogP contribution in [0.4, 0.5) is 0 Å². The lowest BCUT2D eigenvalue weighted by molar-refractivity contribution is -0.241. The molecule has 0 unspecified atom stereocenters. The second-order valence-electron chi connectivity index (χ2n) is 5.21. The Morgan fingerprint density at radius 3 is 2.38 bits per heavy atom. The molecule has 1 aromatic carbocycles. The summed E-state index contributed by atoms with van der Waals surface area (Å²) >= 11 is 2.34. The lowest BCUT2D eigenvalue weighted by Crippen LogP contribution is -2.44. The number of fused-ring (bicyclic) bond motifs is 1. The molecule has 1 aliphatic rings. The lowest BCUT2D eigenvalue weighted by atomic mass is 9.94. The number of benzene rings is 1. The summed E-state index contributed by atoms with van der Waals surface area (Å²) in [5.41, 5.74) is 2.07. The van der Waals surface area contributed by atoms with Gasteiger partial charge in [-0.2, -0.15) is 0 Å². The molecule has 0 saturated carbocycles. The van der Waals surface area contributed by atoms with Crippen LogP contribution in [0.15, 0.2) is 12.1 Å². The zero-order chi connectivity index (χ0) is 12.1. The number of hydrogen-bond acceptors (Lipinski definition) is 2. The summed E-state index contributed by atoms with van der Waals surface area (Å²) in [5, 5.41) is 0. The van der Waals surface area contributed by atoms with E-state index in [0.717, 1.165) is 11.3 Å². The third kappa shape index (κ3) is 2.07. The van der Waals surface area contributed by atoms with Crippen LogP contribution in [-0.4, -0.2) is 5.79 Å². The van der Waals surface area contributed by atoms with Gasteiger partial charge in [0.1, 0.15) is 5.75 Å². The van der Waals surface area contributed by atoms with E-state index in [-0.39, 0.29) is 5.60 Å². The molecule has 0 aliphatic carbocycles. The summed E-state index contributed by atoms with van der Waals surface area (Å²) in [6, 6.07) is 4.25. The van der Waals surface area contributed by atoms with Crippen molar-refractivity contribution in [3.8, 4) is 5.75 Å². The largest absolute Gasteiger partial charge is 0.463 e. The van der Waals surface area contributed by atoms with Gasteiger partial charge in [0.2, 0.25) is 5.79 Å². The third-order valence-corrected chi connectivity index (χ3v) is 3.93. The molecule has 0 N–H and O–H groups in total. The maximum atomic E-state index is 5.96. The van der Waals surface area contributed by atoms with Crippen LogP contribution in [0.1, 0.15) is 38.8 Å². The number of halogens is 1. The molecular weight excluding hydrogens is 315 g/mol. The van der Waals surface area contributed by atoms with E-state index in [1.165, 1.54) is 9.13 Å². The van der Waals surface area contributed by atoms with Crippen molar-refractivity contribution in [3.05, 3.63) is 26.8 Å². The van der Waals surface area contributed by atoms with Crippen LogP contribution in [0, 0.1) is 10.5 Å². The molecule has 0 atom stereocenters. The first-order chi connectivity index (χ1) is 7.21. The van der Waals surface area contributed by atoms with Crippen molar-refractivity contribution >= 4 is 22.6 Å². The molecule has 1 heterocycles. The maximum Gasteiger partial charge on any atom is 0.205 e. The zero-order valence-corrected chi connectivity index (χ0v) is 12.5. The summed E-state index contributed by atoms with van der Waals surface area (Å²) in [4.78, 5) is 0. The smallest absolute Gasteiger partial charge is 0.205 e. The van der Waals surface area contributed by atoms with Gasteiger partial charge in [0.05, 0.1) is 5.60 Å². The molecule has 16 heavy (non-hydrogen) atoms. The first-order valence-electron chi connectivity index (χ1n) is 5.41. The third-order valence-electron chi connectivity index (χ3n) is 2.77. The van der Waals surface area contributed by atoms with Gasteiger partial charge in [-0.25, -0.2) is 0 Å².